The van der Waals surface area contributed by atoms with Crippen LogP contribution < -0.4 is 0 Å². The monoisotopic (exact) mass is 359 g/mol. The number of morpholine rings is 1. The highest BCUT2D eigenvalue weighted by Gasteiger charge is 2.41. The van der Waals surface area contributed by atoms with Gasteiger partial charge in [-0.3, -0.25) is 9.88 Å². The molecule has 0 radical (unpaired) electrons. The first-order valence-electron chi connectivity index (χ1n) is 9.02. The molecule has 6 heteroatoms. The molecule has 0 N–H and O–H groups in total. The molecule has 1 aliphatic heterocycles. The van der Waals surface area contributed by atoms with Crippen LogP contribution in [-0.2, 0) is 22.6 Å². The van der Waals surface area contributed by atoms with E-state index in [-0.39, 0.29) is 0 Å². The van der Waals surface area contributed by atoms with Crippen LogP contribution in [0.3, 0.4) is 0 Å². The normalized spacial score (nSPS) is 26.7. The number of aryl methyl sites for hydroxylation is 1. The topological polar surface area (TPSA) is 47.5 Å². The van der Waals surface area contributed by atoms with Gasteiger partial charge in [-0.05, 0) is 37.8 Å². The molecule has 1 aliphatic carbocycles. The van der Waals surface area contributed by atoms with Gasteiger partial charge in [-0.1, -0.05) is 6.07 Å². The highest BCUT2D eigenvalue weighted by atomic mass is 32.1. The van der Waals surface area contributed by atoms with E-state index >= 15 is 0 Å². The average molecular weight is 359 g/mol. The molecular weight excluding hydrogens is 334 g/mol. The summed E-state index contributed by atoms with van der Waals surface area (Å²) in [4.78, 5) is 11.5. The summed E-state index contributed by atoms with van der Waals surface area (Å²) in [5, 5.41) is 3.25. The van der Waals surface area contributed by atoms with Crippen molar-refractivity contribution in [1.82, 2.24) is 14.9 Å². The fraction of sp³-hybridized carbons (Fsp3) is 0.579. The lowest BCUT2D eigenvalue weighted by Crippen LogP contribution is -2.47. The molecule has 1 saturated carbocycles. The molecule has 1 saturated heterocycles. The summed E-state index contributed by atoms with van der Waals surface area (Å²) in [6.45, 7) is 6.17. The van der Waals surface area contributed by atoms with Gasteiger partial charge in [0.2, 0.25) is 0 Å². The second-order valence-electron chi connectivity index (χ2n) is 7.00. The number of fused-ring (bicyclic) bond motifs is 1. The quantitative estimate of drug-likeness (QED) is 0.793. The summed E-state index contributed by atoms with van der Waals surface area (Å²) in [6.07, 6.45) is 4.49. The van der Waals surface area contributed by atoms with Gasteiger partial charge in [0, 0.05) is 29.9 Å². The maximum atomic E-state index is 6.04. The number of hydrogen-bond acceptors (Lipinski definition) is 6. The summed E-state index contributed by atoms with van der Waals surface area (Å²) in [6, 6.07) is 6.58. The third kappa shape index (κ3) is 4.26. The van der Waals surface area contributed by atoms with Gasteiger partial charge < -0.3 is 9.47 Å². The molecule has 0 spiro atoms. The van der Waals surface area contributed by atoms with Crippen LogP contribution in [0, 0.1) is 12.8 Å². The summed E-state index contributed by atoms with van der Waals surface area (Å²) in [7, 11) is 0. The van der Waals surface area contributed by atoms with Crippen LogP contribution in [0.4, 0.5) is 0 Å². The van der Waals surface area contributed by atoms with Crippen LogP contribution in [0.2, 0.25) is 0 Å². The smallest absolute Gasteiger partial charge is 0.107 e. The zero-order chi connectivity index (χ0) is 17.1. The Kier molecular flexibility index (Phi) is 5.41. The predicted octanol–water partition coefficient (Wildman–Crippen LogP) is 3.04. The SMILES string of the molecule is Cc1cccc(COCC2C[C@@H]3[C@@H](C2)OCCN3Cc2nccs2)n1. The van der Waals surface area contributed by atoms with Crippen LogP contribution in [0.1, 0.15) is 29.2 Å². The van der Waals surface area contributed by atoms with Gasteiger partial charge in [0.1, 0.15) is 5.01 Å². The summed E-state index contributed by atoms with van der Waals surface area (Å²) < 4.78 is 12.0. The highest BCUT2D eigenvalue weighted by molar-refractivity contribution is 7.09. The maximum Gasteiger partial charge on any atom is 0.107 e. The zero-order valence-electron chi connectivity index (χ0n) is 14.6. The minimum atomic E-state index is 0.347. The second-order valence-corrected chi connectivity index (χ2v) is 7.97. The lowest BCUT2D eigenvalue weighted by Gasteiger charge is -2.37. The van der Waals surface area contributed by atoms with E-state index in [1.54, 1.807) is 11.3 Å². The van der Waals surface area contributed by atoms with Crippen molar-refractivity contribution < 1.29 is 9.47 Å². The van der Waals surface area contributed by atoms with Gasteiger partial charge in [0.05, 0.1) is 38.2 Å². The van der Waals surface area contributed by atoms with E-state index in [1.807, 2.05) is 31.3 Å². The average Bonchev–Trinajstić information content (AvgIpc) is 3.25. The van der Waals surface area contributed by atoms with Crippen molar-refractivity contribution in [3.05, 3.63) is 46.2 Å². The van der Waals surface area contributed by atoms with Crippen LogP contribution in [0.5, 0.6) is 0 Å². The van der Waals surface area contributed by atoms with Gasteiger partial charge in [-0.25, -0.2) is 4.98 Å². The van der Waals surface area contributed by atoms with Crippen molar-refractivity contribution in [1.29, 1.82) is 0 Å². The van der Waals surface area contributed by atoms with Crippen molar-refractivity contribution in [3.8, 4) is 0 Å². The van der Waals surface area contributed by atoms with E-state index in [1.165, 1.54) is 5.01 Å². The van der Waals surface area contributed by atoms with Crippen LogP contribution >= 0.6 is 11.3 Å². The molecule has 5 nitrogen and oxygen atoms in total. The molecule has 25 heavy (non-hydrogen) atoms. The number of thiazole rings is 1. The summed E-state index contributed by atoms with van der Waals surface area (Å²) in [5.41, 5.74) is 2.05. The fourth-order valence-corrected chi connectivity index (χ4v) is 4.61. The molecule has 3 heterocycles. The molecule has 0 amide bonds. The van der Waals surface area contributed by atoms with Gasteiger partial charge in [-0.15, -0.1) is 11.3 Å². The van der Waals surface area contributed by atoms with E-state index in [0.717, 1.165) is 50.5 Å². The Morgan fingerprint density at radius 3 is 3.16 bits per heavy atom. The first kappa shape index (κ1) is 17.1. The van der Waals surface area contributed by atoms with Crippen molar-refractivity contribution in [2.24, 2.45) is 5.92 Å². The minimum Gasteiger partial charge on any atom is -0.375 e. The zero-order valence-corrected chi connectivity index (χ0v) is 15.5. The largest absolute Gasteiger partial charge is 0.375 e. The molecule has 2 aromatic heterocycles. The van der Waals surface area contributed by atoms with Crippen LogP contribution in [0.25, 0.3) is 0 Å². The van der Waals surface area contributed by atoms with Gasteiger partial charge >= 0.3 is 0 Å². The maximum absolute atomic E-state index is 6.04. The third-order valence-electron chi connectivity index (χ3n) is 5.12. The number of ether oxygens (including phenoxy) is 2. The van der Waals surface area contributed by atoms with E-state index in [2.05, 4.69) is 20.2 Å². The first-order valence-corrected chi connectivity index (χ1v) is 9.90. The van der Waals surface area contributed by atoms with Gasteiger partial charge in [0.25, 0.3) is 0 Å². The molecular formula is C19H25N3O2S. The Bertz CT molecular complexity index is 679. The van der Waals surface area contributed by atoms with Gasteiger partial charge in [-0.2, -0.15) is 0 Å². The number of aromatic nitrogens is 2. The molecule has 1 unspecified atom stereocenters. The Hall–Kier alpha value is -1.34. The van der Waals surface area contributed by atoms with Crippen LogP contribution in [-0.4, -0.2) is 46.8 Å². The Morgan fingerprint density at radius 1 is 1.36 bits per heavy atom. The lowest BCUT2D eigenvalue weighted by molar-refractivity contribution is -0.0591. The molecule has 3 atom stereocenters. The van der Waals surface area contributed by atoms with Crippen molar-refractivity contribution in [2.45, 2.75) is 45.1 Å². The Labute approximate surface area is 153 Å². The van der Waals surface area contributed by atoms with Crippen molar-refractivity contribution in [2.75, 3.05) is 19.8 Å². The van der Waals surface area contributed by atoms with E-state index in [9.17, 15) is 0 Å². The Morgan fingerprint density at radius 2 is 2.32 bits per heavy atom. The van der Waals surface area contributed by atoms with Crippen molar-refractivity contribution >= 4 is 11.3 Å². The number of rotatable bonds is 6. The number of nitrogens with zero attached hydrogens (tertiary/aromatic N) is 3. The van der Waals surface area contributed by atoms with Crippen molar-refractivity contribution in [3.63, 3.8) is 0 Å². The van der Waals surface area contributed by atoms with Crippen LogP contribution in [0.15, 0.2) is 29.8 Å². The Balaban J connectivity index is 1.29. The standard InChI is InChI=1S/C19H25N3O2S/c1-14-3-2-4-16(21-14)13-23-12-15-9-17-18(10-15)24-7-6-22(17)11-19-20-5-8-25-19/h2-5,8,15,17-18H,6-7,9-13H2,1H3/t15?,17-,18-/m1/s1. The third-order valence-corrected chi connectivity index (χ3v) is 5.88. The predicted molar refractivity (Wildman–Crippen MR) is 97.4 cm³/mol. The van der Waals surface area contributed by atoms with Gasteiger partial charge in [0.15, 0.2) is 0 Å². The fourth-order valence-electron chi connectivity index (χ4n) is 3.97. The van der Waals surface area contributed by atoms with E-state index < -0.39 is 0 Å². The summed E-state index contributed by atoms with van der Waals surface area (Å²) >= 11 is 1.74. The number of pyridine rings is 1. The molecule has 4 rings (SSSR count). The molecule has 134 valence electrons. The van der Waals surface area contributed by atoms with E-state index in [0.29, 0.717) is 24.7 Å². The summed E-state index contributed by atoms with van der Waals surface area (Å²) in [5.74, 6) is 0.566. The molecule has 2 aliphatic rings. The second kappa shape index (κ2) is 7.91. The molecule has 2 aromatic rings. The molecule has 0 bridgehead atoms. The first-order chi connectivity index (χ1) is 12.3. The minimum absolute atomic E-state index is 0.347. The molecule has 2 fully saturated rings. The lowest BCUT2D eigenvalue weighted by atomic mass is 10.1. The highest BCUT2D eigenvalue weighted by Crippen LogP contribution is 2.35. The van der Waals surface area contributed by atoms with E-state index in [4.69, 9.17) is 9.47 Å². The number of hydrogen-bond donors (Lipinski definition) is 0. The molecule has 0 aromatic carbocycles.